The first-order chi connectivity index (χ1) is 7.23. The van der Waals surface area contributed by atoms with Gasteiger partial charge in [0.05, 0.1) is 10.7 Å². The maximum atomic E-state index is 11.5. The van der Waals surface area contributed by atoms with Gasteiger partial charge < -0.3 is 4.55 Å². The SMILES string of the molecule is CCCCS(=O)(=O)NC(CCC)=S(N)(=O)O. The van der Waals surface area contributed by atoms with Gasteiger partial charge >= 0.3 is 0 Å². The van der Waals surface area contributed by atoms with E-state index in [4.69, 9.17) is 9.69 Å². The van der Waals surface area contributed by atoms with E-state index in [1.54, 1.807) is 6.92 Å². The van der Waals surface area contributed by atoms with Crippen LogP contribution in [0.15, 0.2) is 0 Å². The van der Waals surface area contributed by atoms with E-state index in [1.165, 1.54) is 0 Å². The van der Waals surface area contributed by atoms with Gasteiger partial charge in [-0.25, -0.2) is 17.8 Å². The third kappa shape index (κ3) is 6.44. The number of nitrogens with two attached hydrogens (primary N) is 1. The highest BCUT2D eigenvalue weighted by atomic mass is 32.2. The van der Waals surface area contributed by atoms with E-state index >= 15 is 0 Å². The average molecular weight is 272 g/mol. The third-order valence-corrected chi connectivity index (χ3v) is 4.39. The molecule has 0 aliphatic rings. The Bertz CT molecular complexity index is 413. The molecule has 0 bridgehead atoms. The van der Waals surface area contributed by atoms with Gasteiger partial charge in [0.15, 0.2) is 9.99 Å². The molecule has 0 aromatic rings. The molecule has 4 N–H and O–H groups in total. The van der Waals surface area contributed by atoms with Gasteiger partial charge in [-0.2, -0.15) is 4.72 Å². The third-order valence-electron chi connectivity index (χ3n) is 1.87. The maximum Gasteiger partial charge on any atom is 0.216 e. The Morgan fingerprint density at radius 3 is 2.19 bits per heavy atom. The molecular weight excluding hydrogens is 252 g/mol. The largest absolute Gasteiger partial charge is 0.301 e. The zero-order valence-corrected chi connectivity index (χ0v) is 11.2. The summed E-state index contributed by atoms with van der Waals surface area (Å²) >= 11 is 0. The lowest BCUT2D eigenvalue weighted by Crippen LogP contribution is -2.39. The van der Waals surface area contributed by atoms with Crippen molar-refractivity contribution in [1.29, 1.82) is 0 Å². The Labute approximate surface area is 97.6 Å². The highest BCUT2D eigenvalue weighted by molar-refractivity contribution is 7.97. The van der Waals surface area contributed by atoms with Crippen LogP contribution in [0.1, 0.15) is 39.5 Å². The Hall–Kier alpha value is -0.150. The van der Waals surface area contributed by atoms with Crippen molar-refractivity contribution in [3.05, 3.63) is 0 Å². The van der Waals surface area contributed by atoms with Gasteiger partial charge in [0.1, 0.15) is 0 Å². The smallest absolute Gasteiger partial charge is 0.216 e. The van der Waals surface area contributed by atoms with Crippen LogP contribution in [0.3, 0.4) is 0 Å². The number of hydrogen-bond acceptors (Lipinski definition) is 3. The van der Waals surface area contributed by atoms with Crippen molar-refractivity contribution in [3.63, 3.8) is 0 Å². The number of nitrogens with one attached hydrogen (secondary N) is 1. The summed E-state index contributed by atoms with van der Waals surface area (Å²) in [6.07, 6.45) is 1.95. The van der Waals surface area contributed by atoms with E-state index in [-0.39, 0.29) is 17.2 Å². The molecule has 6 nitrogen and oxygen atoms in total. The Kier molecular flexibility index (Phi) is 6.49. The van der Waals surface area contributed by atoms with Crippen molar-refractivity contribution in [1.82, 2.24) is 4.72 Å². The van der Waals surface area contributed by atoms with E-state index in [9.17, 15) is 12.6 Å². The zero-order chi connectivity index (χ0) is 12.8. The quantitative estimate of drug-likeness (QED) is 0.603. The van der Waals surface area contributed by atoms with E-state index in [2.05, 4.69) is 4.72 Å². The molecule has 1 atom stereocenters. The predicted molar refractivity (Wildman–Crippen MR) is 66.7 cm³/mol. The number of rotatable bonds is 6. The van der Waals surface area contributed by atoms with Crippen LogP contribution in [-0.4, -0.2) is 27.9 Å². The molecular formula is C8H20N2O4S2. The molecule has 0 saturated heterocycles. The summed E-state index contributed by atoms with van der Waals surface area (Å²) < 4.78 is 45.4. The van der Waals surface area contributed by atoms with Crippen LogP contribution < -0.4 is 9.86 Å². The fraction of sp³-hybridized carbons (Fsp3) is 0.875. The van der Waals surface area contributed by atoms with Crippen molar-refractivity contribution < 1.29 is 17.2 Å². The van der Waals surface area contributed by atoms with Gasteiger partial charge in [0, 0.05) is 0 Å². The first-order valence-electron chi connectivity index (χ1n) is 5.13. The monoisotopic (exact) mass is 272 g/mol. The molecule has 0 heterocycles. The van der Waals surface area contributed by atoms with Gasteiger partial charge in [0.25, 0.3) is 0 Å². The summed E-state index contributed by atoms with van der Waals surface area (Å²) in [5.74, 6) is -0.0633. The van der Waals surface area contributed by atoms with E-state index in [0.29, 0.717) is 12.8 Å². The molecule has 0 spiro atoms. The first-order valence-corrected chi connectivity index (χ1v) is 8.36. The van der Waals surface area contributed by atoms with Crippen LogP contribution in [0.5, 0.6) is 0 Å². The molecule has 16 heavy (non-hydrogen) atoms. The minimum absolute atomic E-state index is 0.0633. The molecule has 0 fully saturated rings. The number of sulfonamides is 1. The lowest BCUT2D eigenvalue weighted by atomic mass is 10.3. The summed E-state index contributed by atoms with van der Waals surface area (Å²) in [7, 11) is -7.26. The van der Waals surface area contributed by atoms with Crippen LogP contribution in [0, 0.1) is 0 Å². The topological polar surface area (TPSA) is 109 Å². The molecule has 0 aliphatic carbocycles. The van der Waals surface area contributed by atoms with E-state index in [1.807, 2.05) is 6.92 Å². The van der Waals surface area contributed by atoms with E-state index in [0.717, 1.165) is 6.42 Å². The van der Waals surface area contributed by atoms with Gasteiger partial charge in [-0.05, 0) is 12.8 Å². The van der Waals surface area contributed by atoms with Crippen LogP contribution in [0.2, 0.25) is 0 Å². The highest BCUT2D eigenvalue weighted by Crippen LogP contribution is 1.98. The number of hydrogen-bond donors (Lipinski definition) is 3. The van der Waals surface area contributed by atoms with Crippen molar-refractivity contribution in [3.8, 4) is 0 Å². The normalized spacial score (nSPS) is 15.8. The maximum absolute atomic E-state index is 11.5. The van der Waals surface area contributed by atoms with Gasteiger partial charge in [-0.1, -0.05) is 26.7 Å². The lowest BCUT2D eigenvalue weighted by molar-refractivity contribution is 0.558. The molecule has 0 saturated carbocycles. The Balaban J connectivity index is 4.87. The predicted octanol–water partition coefficient (Wildman–Crippen LogP) is 0.267. The summed E-state index contributed by atoms with van der Waals surface area (Å²) in [4.78, 5) is -0.217. The highest BCUT2D eigenvalue weighted by Gasteiger charge is 2.16. The van der Waals surface area contributed by atoms with Crippen molar-refractivity contribution in [2.24, 2.45) is 5.14 Å². The van der Waals surface area contributed by atoms with Gasteiger partial charge in [0.2, 0.25) is 10.0 Å². The fourth-order valence-corrected chi connectivity index (χ4v) is 3.62. The molecule has 0 rings (SSSR count). The zero-order valence-electron chi connectivity index (χ0n) is 9.60. The molecule has 1 unspecified atom stereocenters. The number of unbranched alkanes of at least 4 members (excludes halogenated alkanes) is 1. The van der Waals surface area contributed by atoms with Crippen molar-refractivity contribution in [2.45, 2.75) is 39.5 Å². The molecule has 0 amide bonds. The molecule has 0 aliphatic heterocycles. The van der Waals surface area contributed by atoms with Crippen molar-refractivity contribution >= 4 is 25.0 Å². The van der Waals surface area contributed by atoms with Crippen LogP contribution in [0.25, 0.3) is 0 Å². The Morgan fingerprint density at radius 2 is 1.81 bits per heavy atom. The summed E-state index contributed by atoms with van der Waals surface area (Å²) in [5.41, 5.74) is 0. The Morgan fingerprint density at radius 1 is 1.25 bits per heavy atom. The van der Waals surface area contributed by atoms with E-state index < -0.39 is 20.0 Å². The minimum atomic E-state index is -3.71. The second-order valence-corrected chi connectivity index (χ2v) is 6.99. The molecule has 98 valence electrons. The minimum Gasteiger partial charge on any atom is -0.301 e. The molecule has 0 radical (unpaired) electrons. The van der Waals surface area contributed by atoms with Crippen LogP contribution >= 0.6 is 0 Å². The molecule has 0 aromatic carbocycles. The fourth-order valence-electron chi connectivity index (χ4n) is 1.04. The van der Waals surface area contributed by atoms with Gasteiger partial charge in [-0.15, -0.1) is 0 Å². The lowest BCUT2D eigenvalue weighted by Gasteiger charge is -2.10. The summed E-state index contributed by atoms with van der Waals surface area (Å²) in [6, 6.07) is 0. The second-order valence-electron chi connectivity index (χ2n) is 3.52. The van der Waals surface area contributed by atoms with Crippen LogP contribution in [-0.2, 0) is 20.0 Å². The summed E-state index contributed by atoms with van der Waals surface area (Å²) in [6.45, 7) is 3.63. The molecule has 8 heteroatoms. The average Bonchev–Trinajstić information content (AvgIpc) is 2.12. The van der Waals surface area contributed by atoms with Gasteiger partial charge in [-0.3, -0.25) is 0 Å². The summed E-state index contributed by atoms with van der Waals surface area (Å²) in [5, 5.41) is 5.02. The molecule has 0 aromatic heterocycles. The first kappa shape index (κ1) is 15.9. The standard InChI is InChI=1S/C8H20N2O4S2/c1-3-5-7-15(11,12)10-8(6-4-2)16(9,13)14/h10H,3-7H2,1-2H3,(H3,9,13,14). The second kappa shape index (κ2) is 6.55. The van der Waals surface area contributed by atoms with Crippen molar-refractivity contribution in [2.75, 3.05) is 5.75 Å². The van der Waals surface area contributed by atoms with Crippen LogP contribution in [0.4, 0.5) is 0 Å².